The second kappa shape index (κ2) is 7.08. The lowest BCUT2D eigenvalue weighted by Gasteiger charge is -2.03. The van der Waals surface area contributed by atoms with Crippen LogP contribution in [-0.2, 0) is 17.8 Å². The first-order valence-corrected chi connectivity index (χ1v) is 8.96. The third kappa shape index (κ3) is 3.72. The van der Waals surface area contributed by atoms with E-state index < -0.39 is 0 Å². The van der Waals surface area contributed by atoms with E-state index in [-0.39, 0.29) is 5.91 Å². The van der Waals surface area contributed by atoms with Gasteiger partial charge in [-0.25, -0.2) is 0 Å². The first-order valence-electron chi connectivity index (χ1n) is 8.15. The standard InChI is InChI=1S/C21H20N2OS/c1-5-9-23-18-11-15(3)16(4)12-19(18)25-21(23)22-20(24)13-17-8-6-7-14(2)10-17/h1,6-8,10-12H,9,13H2,2-4H3. The van der Waals surface area contributed by atoms with Crippen molar-refractivity contribution in [3.8, 4) is 12.3 Å². The van der Waals surface area contributed by atoms with Crippen LogP contribution in [0.1, 0.15) is 22.3 Å². The molecule has 126 valence electrons. The molecule has 2 aromatic carbocycles. The summed E-state index contributed by atoms with van der Waals surface area (Å²) in [5.74, 6) is 2.51. The predicted octanol–water partition coefficient (Wildman–Crippen LogP) is 3.93. The number of hydrogen-bond acceptors (Lipinski definition) is 2. The van der Waals surface area contributed by atoms with Crippen molar-refractivity contribution >= 4 is 27.5 Å². The molecule has 0 N–H and O–H groups in total. The van der Waals surface area contributed by atoms with Gasteiger partial charge >= 0.3 is 0 Å². The summed E-state index contributed by atoms with van der Waals surface area (Å²) < 4.78 is 3.04. The van der Waals surface area contributed by atoms with Gasteiger partial charge in [-0.2, -0.15) is 4.99 Å². The minimum Gasteiger partial charge on any atom is -0.305 e. The maximum absolute atomic E-state index is 12.4. The van der Waals surface area contributed by atoms with Crippen LogP contribution in [-0.4, -0.2) is 10.5 Å². The monoisotopic (exact) mass is 348 g/mol. The van der Waals surface area contributed by atoms with Gasteiger partial charge in [-0.15, -0.1) is 6.42 Å². The smallest absolute Gasteiger partial charge is 0.252 e. The van der Waals surface area contributed by atoms with Crippen molar-refractivity contribution in [1.29, 1.82) is 0 Å². The number of aromatic nitrogens is 1. The molecule has 1 amide bonds. The van der Waals surface area contributed by atoms with Gasteiger partial charge in [0.2, 0.25) is 0 Å². The quantitative estimate of drug-likeness (QED) is 0.660. The molecule has 3 rings (SSSR count). The fraction of sp³-hybridized carbons (Fsp3) is 0.238. The largest absolute Gasteiger partial charge is 0.305 e. The van der Waals surface area contributed by atoms with E-state index in [1.807, 2.05) is 35.8 Å². The van der Waals surface area contributed by atoms with Gasteiger partial charge in [0.05, 0.1) is 23.2 Å². The minimum absolute atomic E-state index is 0.156. The molecule has 0 bridgehead atoms. The average Bonchev–Trinajstić information content (AvgIpc) is 2.85. The van der Waals surface area contributed by atoms with E-state index in [4.69, 9.17) is 6.42 Å². The molecule has 0 spiro atoms. The van der Waals surface area contributed by atoms with Crippen LogP contribution in [0, 0.1) is 33.1 Å². The van der Waals surface area contributed by atoms with Gasteiger partial charge in [-0.05, 0) is 49.6 Å². The van der Waals surface area contributed by atoms with Crippen LogP contribution in [0.2, 0.25) is 0 Å². The lowest BCUT2D eigenvalue weighted by atomic mass is 10.1. The van der Waals surface area contributed by atoms with E-state index in [2.05, 4.69) is 36.9 Å². The summed E-state index contributed by atoms with van der Waals surface area (Å²) >= 11 is 1.51. The number of benzene rings is 2. The van der Waals surface area contributed by atoms with Gasteiger partial charge in [0.1, 0.15) is 0 Å². The molecule has 0 aliphatic rings. The van der Waals surface area contributed by atoms with Gasteiger partial charge in [0, 0.05) is 0 Å². The Hall–Kier alpha value is -2.64. The number of thiazole rings is 1. The fourth-order valence-electron chi connectivity index (χ4n) is 2.79. The van der Waals surface area contributed by atoms with Crippen LogP contribution in [0.5, 0.6) is 0 Å². The number of carbonyl (C=O) groups excluding carboxylic acids is 1. The van der Waals surface area contributed by atoms with Gasteiger partial charge in [0.15, 0.2) is 4.80 Å². The Labute approximate surface area is 151 Å². The fourth-order valence-corrected chi connectivity index (χ4v) is 3.92. The molecule has 1 heterocycles. The highest BCUT2D eigenvalue weighted by Crippen LogP contribution is 2.22. The molecule has 0 aliphatic carbocycles. The van der Waals surface area contributed by atoms with Gasteiger partial charge in [-0.3, -0.25) is 4.79 Å². The molecular formula is C21H20N2OS. The number of aryl methyl sites for hydroxylation is 3. The Morgan fingerprint density at radius 1 is 1.20 bits per heavy atom. The van der Waals surface area contributed by atoms with Gasteiger partial charge in [0.25, 0.3) is 5.91 Å². The van der Waals surface area contributed by atoms with E-state index in [0.29, 0.717) is 17.8 Å². The van der Waals surface area contributed by atoms with E-state index in [9.17, 15) is 4.79 Å². The molecule has 25 heavy (non-hydrogen) atoms. The number of carbonyl (C=O) groups is 1. The summed E-state index contributed by atoms with van der Waals surface area (Å²) in [7, 11) is 0. The highest BCUT2D eigenvalue weighted by molar-refractivity contribution is 7.16. The van der Waals surface area contributed by atoms with E-state index in [0.717, 1.165) is 21.3 Å². The average molecular weight is 348 g/mol. The van der Waals surface area contributed by atoms with Crippen molar-refractivity contribution in [2.24, 2.45) is 4.99 Å². The van der Waals surface area contributed by atoms with Crippen LogP contribution in [0.3, 0.4) is 0 Å². The van der Waals surface area contributed by atoms with Crippen molar-refractivity contribution in [2.75, 3.05) is 0 Å². The Bertz CT molecular complexity index is 1060. The molecule has 4 heteroatoms. The van der Waals surface area contributed by atoms with Crippen LogP contribution >= 0.6 is 11.3 Å². The number of hydrogen-bond donors (Lipinski definition) is 0. The maximum Gasteiger partial charge on any atom is 0.252 e. The zero-order valence-corrected chi connectivity index (χ0v) is 15.5. The van der Waals surface area contributed by atoms with Crippen molar-refractivity contribution in [2.45, 2.75) is 33.7 Å². The second-order valence-electron chi connectivity index (χ2n) is 6.25. The zero-order chi connectivity index (χ0) is 18.0. The SMILES string of the molecule is C#CCn1c(=NC(=O)Cc2cccc(C)c2)sc2cc(C)c(C)cc21. The predicted molar refractivity (Wildman–Crippen MR) is 104 cm³/mol. The molecule has 0 fully saturated rings. The van der Waals surface area contributed by atoms with Crippen molar-refractivity contribution < 1.29 is 4.79 Å². The number of amides is 1. The number of terminal acetylenes is 1. The Kier molecular flexibility index (Phi) is 4.87. The number of rotatable bonds is 3. The van der Waals surface area contributed by atoms with Crippen LogP contribution < -0.4 is 4.80 Å². The van der Waals surface area contributed by atoms with Crippen LogP contribution in [0.4, 0.5) is 0 Å². The van der Waals surface area contributed by atoms with E-state index in [1.54, 1.807) is 0 Å². The van der Waals surface area contributed by atoms with Crippen molar-refractivity contribution in [1.82, 2.24) is 4.57 Å². The molecule has 0 radical (unpaired) electrons. The molecule has 0 aliphatic heterocycles. The first-order chi connectivity index (χ1) is 12.0. The number of nitrogens with zero attached hydrogens (tertiary/aromatic N) is 2. The third-order valence-electron chi connectivity index (χ3n) is 4.21. The van der Waals surface area contributed by atoms with Crippen LogP contribution in [0.25, 0.3) is 10.2 Å². The number of fused-ring (bicyclic) bond motifs is 1. The Morgan fingerprint density at radius 3 is 2.68 bits per heavy atom. The minimum atomic E-state index is -0.156. The van der Waals surface area contributed by atoms with Crippen molar-refractivity contribution in [3.63, 3.8) is 0 Å². The second-order valence-corrected chi connectivity index (χ2v) is 7.26. The van der Waals surface area contributed by atoms with Gasteiger partial charge < -0.3 is 4.57 Å². The first kappa shape index (κ1) is 17.2. The lowest BCUT2D eigenvalue weighted by Crippen LogP contribution is -2.17. The normalized spacial score (nSPS) is 11.7. The summed E-state index contributed by atoms with van der Waals surface area (Å²) in [5.41, 5.74) is 5.58. The molecule has 0 saturated carbocycles. The molecule has 0 atom stereocenters. The molecule has 0 saturated heterocycles. The zero-order valence-electron chi connectivity index (χ0n) is 14.7. The summed E-state index contributed by atoms with van der Waals surface area (Å²) in [4.78, 5) is 17.4. The Balaban J connectivity index is 2.04. The van der Waals surface area contributed by atoms with Crippen molar-refractivity contribution in [3.05, 3.63) is 63.5 Å². The third-order valence-corrected chi connectivity index (χ3v) is 5.25. The highest BCUT2D eigenvalue weighted by Gasteiger charge is 2.09. The van der Waals surface area contributed by atoms with E-state index in [1.165, 1.54) is 22.5 Å². The molecular weight excluding hydrogens is 328 g/mol. The molecule has 3 nitrogen and oxygen atoms in total. The topological polar surface area (TPSA) is 34.4 Å². The van der Waals surface area contributed by atoms with Crippen LogP contribution in [0.15, 0.2) is 41.4 Å². The molecule has 3 aromatic rings. The summed E-state index contributed by atoms with van der Waals surface area (Å²) in [6.45, 7) is 6.58. The Morgan fingerprint density at radius 2 is 1.96 bits per heavy atom. The molecule has 0 unspecified atom stereocenters. The lowest BCUT2D eigenvalue weighted by molar-refractivity contribution is -0.117. The summed E-state index contributed by atoms with van der Waals surface area (Å²) in [5, 5.41) is 0. The summed E-state index contributed by atoms with van der Waals surface area (Å²) in [6, 6.07) is 12.2. The maximum atomic E-state index is 12.4. The van der Waals surface area contributed by atoms with Gasteiger partial charge in [-0.1, -0.05) is 47.1 Å². The molecule has 1 aromatic heterocycles. The van der Waals surface area contributed by atoms with E-state index >= 15 is 0 Å². The highest BCUT2D eigenvalue weighted by atomic mass is 32.1. The summed E-state index contributed by atoms with van der Waals surface area (Å²) in [6.07, 6.45) is 5.82.